The average molecular weight is 351 g/mol. The van der Waals surface area contributed by atoms with Gasteiger partial charge in [0.05, 0.1) is 12.0 Å². The predicted octanol–water partition coefficient (Wildman–Crippen LogP) is 3.64. The lowest BCUT2D eigenvalue weighted by atomic mass is 9.84. The molecule has 1 saturated carbocycles. The van der Waals surface area contributed by atoms with Crippen LogP contribution in [0.2, 0.25) is 0 Å². The minimum atomic E-state index is -0.455. The predicted molar refractivity (Wildman–Crippen MR) is 99.4 cm³/mol. The number of hydrogen-bond acceptors (Lipinski definition) is 4. The molecule has 0 saturated heterocycles. The van der Waals surface area contributed by atoms with Gasteiger partial charge in [0, 0.05) is 31.4 Å². The second-order valence-electron chi connectivity index (χ2n) is 8.30. The van der Waals surface area contributed by atoms with Crippen LogP contribution in [-0.4, -0.2) is 33.8 Å². The fourth-order valence-electron chi connectivity index (χ4n) is 3.42. The Hall–Kier alpha value is -1.56. The summed E-state index contributed by atoms with van der Waals surface area (Å²) < 4.78 is 7.54. The monoisotopic (exact) mass is 350 g/mol. The van der Waals surface area contributed by atoms with Crippen LogP contribution in [0.4, 0.5) is 4.79 Å². The highest BCUT2D eigenvalue weighted by Crippen LogP contribution is 2.24. The summed E-state index contributed by atoms with van der Waals surface area (Å²) in [6.45, 7) is 11.5. The Bertz CT molecular complexity index is 548. The van der Waals surface area contributed by atoms with Gasteiger partial charge >= 0.3 is 6.09 Å². The van der Waals surface area contributed by atoms with Gasteiger partial charge in [-0.3, -0.25) is 0 Å². The quantitative estimate of drug-likeness (QED) is 0.822. The number of nitrogens with one attached hydrogen (secondary N) is 2. The van der Waals surface area contributed by atoms with Gasteiger partial charge in [0.2, 0.25) is 0 Å². The Kier molecular flexibility index (Phi) is 6.87. The van der Waals surface area contributed by atoms with Gasteiger partial charge in [-0.15, -0.1) is 0 Å². The molecular formula is C19H34N4O2. The van der Waals surface area contributed by atoms with Crippen molar-refractivity contribution in [2.24, 2.45) is 5.92 Å². The summed E-state index contributed by atoms with van der Waals surface area (Å²) in [4.78, 5) is 16.2. The third-order valence-electron chi connectivity index (χ3n) is 4.66. The summed E-state index contributed by atoms with van der Waals surface area (Å²) in [5.41, 5.74) is 0.753. The Morgan fingerprint density at radius 1 is 1.36 bits per heavy atom. The van der Waals surface area contributed by atoms with E-state index in [4.69, 9.17) is 4.74 Å². The molecule has 1 aromatic rings. The molecule has 6 heteroatoms. The summed E-state index contributed by atoms with van der Waals surface area (Å²) in [6.07, 6.45) is 8.25. The number of aromatic nitrogens is 2. The summed E-state index contributed by atoms with van der Waals surface area (Å²) in [6, 6.07) is 0.828. The van der Waals surface area contributed by atoms with Crippen molar-refractivity contribution < 1.29 is 9.53 Å². The minimum absolute atomic E-state index is 0.324. The molecule has 25 heavy (non-hydrogen) atoms. The summed E-state index contributed by atoms with van der Waals surface area (Å²) in [5.74, 6) is 0.441. The van der Waals surface area contributed by atoms with Crippen LogP contribution in [0.15, 0.2) is 12.5 Å². The van der Waals surface area contributed by atoms with Gasteiger partial charge < -0.3 is 19.9 Å². The minimum Gasteiger partial charge on any atom is -0.444 e. The molecule has 6 nitrogen and oxygen atoms in total. The average Bonchev–Trinajstić information content (AvgIpc) is 2.99. The van der Waals surface area contributed by atoms with E-state index in [1.54, 1.807) is 0 Å². The molecule has 0 bridgehead atoms. The maximum absolute atomic E-state index is 11.9. The molecule has 2 atom stereocenters. The highest BCUT2D eigenvalue weighted by atomic mass is 16.6. The molecule has 0 radical (unpaired) electrons. The molecule has 1 heterocycles. The zero-order valence-electron chi connectivity index (χ0n) is 16.3. The van der Waals surface area contributed by atoms with Crippen molar-refractivity contribution in [3.05, 3.63) is 18.2 Å². The highest BCUT2D eigenvalue weighted by molar-refractivity contribution is 5.67. The van der Waals surface area contributed by atoms with E-state index in [0.717, 1.165) is 19.4 Å². The lowest BCUT2D eigenvalue weighted by Gasteiger charge is -2.33. The van der Waals surface area contributed by atoms with Crippen molar-refractivity contribution in [3.63, 3.8) is 0 Å². The molecule has 142 valence electrons. The van der Waals surface area contributed by atoms with Crippen LogP contribution in [-0.2, 0) is 11.3 Å². The summed E-state index contributed by atoms with van der Waals surface area (Å²) >= 11 is 0. The van der Waals surface area contributed by atoms with Crippen LogP contribution in [0.3, 0.4) is 0 Å². The molecule has 2 rings (SSSR count). The van der Waals surface area contributed by atoms with E-state index in [2.05, 4.69) is 34.0 Å². The molecule has 0 aromatic carbocycles. The number of imidazole rings is 1. The van der Waals surface area contributed by atoms with Gasteiger partial charge in [-0.25, -0.2) is 9.78 Å². The topological polar surface area (TPSA) is 68.2 Å². The van der Waals surface area contributed by atoms with Gasteiger partial charge in [0.25, 0.3) is 0 Å². The Morgan fingerprint density at radius 2 is 2.08 bits per heavy atom. The van der Waals surface area contributed by atoms with Crippen molar-refractivity contribution in [3.8, 4) is 0 Å². The molecule has 2 unspecified atom stereocenters. The van der Waals surface area contributed by atoms with E-state index >= 15 is 0 Å². The molecule has 1 aliphatic rings. The first-order valence-corrected chi connectivity index (χ1v) is 9.47. The van der Waals surface area contributed by atoms with Crippen molar-refractivity contribution in [1.82, 2.24) is 20.2 Å². The SMILES string of the molecule is CC(C)n1cncc1CNC1CCCCC1CNC(=O)OC(C)(C)C. The van der Waals surface area contributed by atoms with E-state index in [1.807, 2.05) is 33.3 Å². The molecule has 2 N–H and O–H groups in total. The van der Waals surface area contributed by atoms with Crippen molar-refractivity contribution in [2.45, 2.75) is 84.5 Å². The van der Waals surface area contributed by atoms with Gasteiger partial charge in [-0.05, 0) is 53.4 Å². The summed E-state index contributed by atoms with van der Waals surface area (Å²) in [5, 5.41) is 6.63. The molecule has 1 aliphatic carbocycles. The van der Waals surface area contributed by atoms with Crippen LogP contribution in [0, 0.1) is 5.92 Å². The van der Waals surface area contributed by atoms with Gasteiger partial charge in [-0.2, -0.15) is 0 Å². The fraction of sp³-hybridized carbons (Fsp3) is 0.789. The number of alkyl carbamates (subject to hydrolysis) is 1. The second-order valence-corrected chi connectivity index (χ2v) is 8.30. The normalized spacial score (nSPS) is 21.4. The van der Waals surface area contributed by atoms with Crippen molar-refractivity contribution in [1.29, 1.82) is 0 Å². The van der Waals surface area contributed by atoms with E-state index in [-0.39, 0.29) is 6.09 Å². The number of rotatable bonds is 6. The van der Waals surface area contributed by atoms with Crippen molar-refractivity contribution >= 4 is 6.09 Å². The van der Waals surface area contributed by atoms with Crippen molar-refractivity contribution in [2.75, 3.05) is 6.54 Å². The van der Waals surface area contributed by atoms with E-state index < -0.39 is 5.60 Å². The van der Waals surface area contributed by atoms with Gasteiger partial charge in [0.15, 0.2) is 0 Å². The fourth-order valence-corrected chi connectivity index (χ4v) is 3.42. The Balaban J connectivity index is 1.85. The number of amides is 1. The third-order valence-corrected chi connectivity index (χ3v) is 4.66. The first kappa shape index (κ1) is 19.8. The standard InChI is InChI=1S/C19H34N4O2/c1-14(2)23-13-20-11-16(23)12-21-17-9-7-6-8-15(17)10-22-18(24)25-19(3,4)5/h11,13-15,17,21H,6-10,12H2,1-5H3,(H,22,24). The lowest BCUT2D eigenvalue weighted by molar-refractivity contribution is 0.0510. The Labute approximate surface area is 151 Å². The molecule has 0 spiro atoms. The second kappa shape index (κ2) is 8.70. The number of carbonyl (C=O) groups is 1. The van der Waals surface area contributed by atoms with E-state index in [1.165, 1.54) is 18.5 Å². The number of hydrogen-bond donors (Lipinski definition) is 2. The Morgan fingerprint density at radius 3 is 2.76 bits per heavy atom. The van der Waals surface area contributed by atoms with Gasteiger partial charge in [0.1, 0.15) is 5.60 Å². The van der Waals surface area contributed by atoms with Gasteiger partial charge in [-0.1, -0.05) is 12.8 Å². The molecule has 1 fully saturated rings. The van der Waals surface area contributed by atoms with Crippen LogP contribution >= 0.6 is 0 Å². The number of nitrogens with zero attached hydrogens (tertiary/aromatic N) is 2. The lowest BCUT2D eigenvalue weighted by Crippen LogP contribution is -2.45. The highest BCUT2D eigenvalue weighted by Gasteiger charge is 2.26. The van der Waals surface area contributed by atoms with Crippen LogP contribution in [0.5, 0.6) is 0 Å². The van der Waals surface area contributed by atoms with Crippen LogP contribution in [0.1, 0.15) is 72.0 Å². The summed E-state index contributed by atoms with van der Waals surface area (Å²) in [7, 11) is 0. The van der Waals surface area contributed by atoms with Crippen LogP contribution in [0.25, 0.3) is 0 Å². The molecule has 1 aromatic heterocycles. The molecule has 1 amide bonds. The first-order chi connectivity index (χ1) is 11.8. The molecule has 0 aliphatic heterocycles. The maximum atomic E-state index is 11.9. The maximum Gasteiger partial charge on any atom is 0.407 e. The van der Waals surface area contributed by atoms with E-state index in [9.17, 15) is 4.79 Å². The third kappa shape index (κ3) is 6.34. The zero-order chi connectivity index (χ0) is 18.4. The largest absolute Gasteiger partial charge is 0.444 e. The van der Waals surface area contributed by atoms with Crippen LogP contribution < -0.4 is 10.6 Å². The first-order valence-electron chi connectivity index (χ1n) is 9.47. The zero-order valence-corrected chi connectivity index (χ0v) is 16.3. The number of ether oxygens (including phenoxy) is 1. The molecular weight excluding hydrogens is 316 g/mol. The smallest absolute Gasteiger partial charge is 0.407 e. The number of carbonyl (C=O) groups excluding carboxylic acids is 1. The van der Waals surface area contributed by atoms with E-state index in [0.29, 0.717) is 24.5 Å².